The van der Waals surface area contributed by atoms with Crippen molar-refractivity contribution in [2.45, 2.75) is 18.9 Å². The summed E-state index contributed by atoms with van der Waals surface area (Å²) >= 11 is 3.76. The predicted molar refractivity (Wildman–Crippen MR) is 95.1 cm³/mol. The Labute approximate surface area is 139 Å². The van der Waals surface area contributed by atoms with E-state index >= 15 is 0 Å². The van der Waals surface area contributed by atoms with Gasteiger partial charge in [-0.05, 0) is 49.2 Å². The minimum absolute atomic E-state index is 0.314. The van der Waals surface area contributed by atoms with E-state index in [0.717, 1.165) is 0 Å². The zero-order valence-corrected chi connectivity index (χ0v) is 14.0. The van der Waals surface area contributed by atoms with Gasteiger partial charge in [0.15, 0.2) is 0 Å². The Morgan fingerprint density at radius 1 is 0.909 bits per heavy atom. The molecule has 1 unspecified atom stereocenters. The largest absolute Gasteiger partial charge is 0.361 e. The molecule has 0 spiro atoms. The number of fused-ring (bicyclic) bond motifs is 1. The summed E-state index contributed by atoms with van der Waals surface area (Å²) in [6, 6.07) is 17.5. The van der Waals surface area contributed by atoms with E-state index in [2.05, 4.69) is 80.5 Å². The number of aromatic nitrogens is 1. The number of aromatic amines is 1. The van der Waals surface area contributed by atoms with Crippen LogP contribution in [0.4, 0.5) is 0 Å². The minimum Gasteiger partial charge on any atom is -0.361 e. The van der Waals surface area contributed by atoms with Crippen LogP contribution in [0.2, 0.25) is 0 Å². The van der Waals surface area contributed by atoms with Crippen molar-refractivity contribution in [1.82, 2.24) is 9.88 Å². The molecule has 22 heavy (non-hydrogen) atoms. The number of nitrogens with one attached hydrogen (secondary N) is 1. The molecule has 1 aliphatic heterocycles. The molecule has 4 rings (SSSR count). The van der Waals surface area contributed by atoms with E-state index in [9.17, 15) is 0 Å². The summed E-state index contributed by atoms with van der Waals surface area (Å²) in [5.74, 6) is 0. The fourth-order valence-corrected chi connectivity index (χ4v) is 4.08. The number of rotatable bonds is 3. The third-order valence-electron chi connectivity index (χ3n) is 4.62. The number of hydrogen-bond acceptors (Lipinski definition) is 1. The van der Waals surface area contributed by atoms with Crippen molar-refractivity contribution in [2.75, 3.05) is 13.1 Å². The zero-order valence-electron chi connectivity index (χ0n) is 12.4. The highest BCUT2D eigenvalue weighted by atomic mass is 79.9. The molecule has 1 fully saturated rings. The molecule has 1 N–H and O–H groups in total. The summed E-state index contributed by atoms with van der Waals surface area (Å²) in [6.45, 7) is 2.34. The van der Waals surface area contributed by atoms with Crippen LogP contribution in [0.5, 0.6) is 0 Å². The monoisotopic (exact) mass is 354 g/mol. The summed E-state index contributed by atoms with van der Waals surface area (Å²) in [6.07, 6.45) is 4.78. The van der Waals surface area contributed by atoms with E-state index in [-0.39, 0.29) is 0 Å². The highest BCUT2D eigenvalue weighted by Gasteiger charge is 2.28. The number of H-pyrrole nitrogens is 1. The Morgan fingerprint density at radius 2 is 1.64 bits per heavy atom. The van der Waals surface area contributed by atoms with Crippen molar-refractivity contribution in [2.24, 2.45) is 0 Å². The van der Waals surface area contributed by atoms with Crippen LogP contribution < -0.4 is 0 Å². The summed E-state index contributed by atoms with van der Waals surface area (Å²) in [5.41, 5.74) is 3.95. The third kappa shape index (κ3) is 2.38. The highest BCUT2D eigenvalue weighted by molar-refractivity contribution is 9.10. The van der Waals surface area contributed by atoms with Gasteiger partial charge in [-0.15, -0.1) is 0 Å². The van der Waals surface area contributed by atoms with Crippen LogP contribution in [0.25, 0.3) is 10.9 Å². The maximum atomic E-state index is 3.76. The lowest BCUT2D eigenvalue weighted by Gasteiger charge is -2.28. The number of benzene rings is 2. The molecule has 0 aliphatic carbocycles. The summed E-state index contributed by atoms with van der Waals surface area (Å²) in [4.78, 5) is 6.05. The molecule has 2 nitrogen and oxygen atoms in total. The van der Waals surface area contributed by atoms with Gasteiger partial charge in [0.2, 0.25) is 0 Å². The topological polar surface area (TPSA) is 19.0 Å². The normalized spacial score (nSPS) is 17.1. The lowest BCUT2D eigenvalue weighted by Crippen LogP contribution is -2.26. The average Bonchev–Trinajstić information content (AvgIpc) is 3.20. The fraction of sp³-hybridized carbons (Fsp3) is 0.263. The van der Waals surface area contributed by atoms with Gasteiger partial charge in [0.05, 0.1) is 6.04 Å². The van der Waals surface area contributed by atoms with Crippen molar-refractivity contribution in [3.05, 3.63) is 70.3 Å². The van der Waals surface area contributed by atoms with Gasteiger partial charge in [-0.25, -0.2) is 0 Å². The number of para-hydroxylation sites is 1. The van der Waals surface area contributed by atoms with Crippen LogP contribution in [0.3, 0.4) is 0 Å². The Kier molecular flexibility index (Phi) is 3.77. The maximum Gasteiger partial charge on any atom is 0.0634 e. The van der Waals surface area contributed by atoms with Crippen LogP contribution in [-0.4, -0.2) is 23.0 Å². The van der Waals surface area contributed by atoms with E-state index < -0.39 is 0 Å². The van der Waals surface area contributed by atoms with E-state index in [1.807, 2.05) is 0 Å². The van der Waals surface area contributed by atoms with Crippen LogP contribution in [0.15, 0.2) is 59.2 Å². The number of nitrogens with zero attached hydrogens (tertiary/aromatic N) is 1. The smallest absolute Gasteiger partial charge is 0.0634 e. The van der Waals surface area contributed by atoms with Crippen molar-refractivity contribution < 1.29 is 0 Å². The number of likely N-dealkylation sites (tertiary alicyclic amines) is 1. The number of hydrogen-bond donors (Lipinski definition) is 1. The molecule has 1 saturated heterocycles. The summed E-state index contributed by atoms with van der Waals surface area (Å²) < 4.78 is 1.19. The van der Waals surface area contributed by atoms with Crippen molar-refractivity contribution in [3.63, 3.8) is 0 Å². The van der Waals surface area contributed by atoms with Gasteiger partial charge in [-0.1, -0.05) is 52.3 Å². The zero-order chi connectivity index (χ0) is 14.9. The van der Waals surface area contributed by atoms with Crippen LogP contribution in [0.1, 0.15) is 30.0 Å². The van der Waals surface area contributed by atoms with E-state index in [0.29, 0.717) is 6.04 Å². The van der Waals surface area contributed by atoms with Gasteiger partial charge in [-0.2, -0.15) is 0 Å². The third-order valence-corrected chi connectivity index (χ3v) is 5.34. The van der Waals surface area contributed by atoms with E-state index in [4.69, 9.17) is 0 Å². The average molecular weight is 355 g/mol. The highest BCUT2D eigenvalue weighted by Crippen LogP contribution is 2.38. The fourth-order valence-electron chi connectivity index (χ4n) is 3.58. The Hall–Kier alpha value is -1.58. The predicted octanol–water partition coefficient (Wildman–Crippen LogP) is 5.12. The van der Waals surface area contributed by atoms with Gasteiger partial charge in [0.25, 0.3) is 0 Å². The Morgan fingerprint density at radius 3 is 2.45 bits per heavy atom. The summed E-state index contributed by atoms with van der Waals surface area (Å²) in [7, 11) is 0. The lowest BCUT2D eigenvalue weighted by atomic mass is 9.97. The lowest BCUT2D eigenvalue weighted by molar-refractivity contribution is 0.282. The molecule has 3 heteroatoms. The van der Waals surface area contributed by atoms with Gasteiger partial charge in [0.1, 0.15) is 0 Å². The first-order valence-corrected chi connectivity index (χ1v) is 8.68. The number of halogens is 1. The second-order valence-corrected chi connectivity index (χ2v) is 6.81. The minimum atomic E-state index is 0.314. The van der Waals surface area contributed by atoms with Crippen molar-refractivity contribution in [1.29, 1.82) is 0 Å². The maximum absolute atomic E-state index is 3.76. The molecule has 112 valence electrons. The molecular weight excluding hydrogens is 336 g/mol. The Bertz CT molecular complexity index is 787. The quantitative estimate of drug-likeness (QED) is 0.691. The van der Waals surface area contributed by atoms with Crippen molar-refractivity contribution >= 4 is 26.8 Å². The molecule has 2 heterocycles. The molecule has 0 saturated carbocycles. The second kappa shape index (κ2) is 5.90. The first-order chi connectivity index (χ1) is 10.8. The molecule has 0 radical (unpaired) electrons. The Balaban J connectivity index is 1.89. The van der Waals surface area contributed by atoms with Crippen molar-refractivity contribution in [3.8, 4) is 0 Å². The molecule has 1 atom stereocenters. The van der Waals surface area contributed by atoms with Gasteiger partial charge >= 0.3 is 0 Å². The molecule has 1 aromatic heterocycles. The van der Waals surface area contributed by atoms with E-state index in [1.165, 1.54) is 52.4 Å². The van der Waals surface area contributed by atoms with Gasteiger partial charge < -0.3 is 4.98 Å². The van der Waals surface area contributed by atoms with Crippen LogP contribution in [0, 0.1) is 0 Å². The summed E-state index contributed by atoms with van der Waals surface area (Å²) in [5, 5.41) is 1.33. The molecular formula is C19H19BrN2. The first-order valence-electron chi connectivity index (χ1n) is 7.89. The molecule has 3 aromatic rings. The van der Waals surface area contributed by atoms with Crippen LogP contribution in [-0.2, 0) is 0 Å². The van der Waals surface area contributed by atoms with Gasteiger partial charge in [0, 0.05) is 21.6 Å². The first kappa shape index (κ1) is 14.0. The molecule has 0 bridgehead atoms. The SMILES string of the molecule is Brc1ccccc1C(c1c[nH]c2ccccc12)N1CCCC1. The van der Waals surface area contributed by atoms with E-state index in [1.54, 1.807) is 0 Å². The molecule has 0 amide bonds. The molecule has 1 aliphatic rings. The van der Waals surface area contributed by atoms with Crippen LogP contribution >= 0.6 is 15.9 Å². The standard InChI is InChI=1S/C19H19BrN2/c20-17-9-3-1-8-15(17)19(22-11-5-6-12-22)16-13-21-18-10-4-2-7-14(16)18/h1-4,7-10,13,19,21H,5-6,11-12H2. The van der Waals surface area contributed by atoms with Gasteiger partial charge in [-0.3, -0.25) is 4.90 Å². The second-order valence-electron chi connectivity index (χ2n) is 5.96. The molecule has 2 aromatic carbocycles.